The van der Waals surface area contributed by atoms with Crippen LogP contribution in [-0.4, -0.2) is 40.8 Å². The molecule has 1 aromatic heterocycles. The molecule has 0 fully saturated rings. The van der Waals surface area contributed by atoms with Crippen LogP contribution in [0.25, 0.3) is 0 Å². The number of carbonyl (C=O) groups is 1. The maximum absolute atomic E-state index is 12.6. The monoisotopic (exact) mass is 329 g/mol. The summed E-state index contributed by atoms with van der Waals surface area (Å²) in [6.07, 6.45) is 1.21. The lowest BCUT2D eigenvalue weighted by atomic mass is 10.0. The molecule has 130 valence electrons. The van der Waals surface area contributed by atoms with E-state index in [9.17, 15) is 4.79 Å². The van der Waals surface area contributed by atoms with Crippen molar-refractivity contribution in [2.45, 2.75) is 39.7 Å². The first kappa shape index (κ1) is 18.0. The lowest BCUT2D eigenvalue weighted by molar-refractivity contribution is -0.130. The third kappa shape index (κ3) is 3.96. The zero-order chi connectivity index (χ0) is 17.9. The number of aromatic nitrogens is 2. The summed E-state index contributed by atoms with van der Waals surface area (Å²) in [6.45, 7) is 6.03. The van der Waals surface area contributed by atoms with Gasteiger partial charge in [-0.3, -0.25) is 9.48 Å². The number of hydrogen-bond donors (Lipinski definition) is 0. The van der Waals surface area contributed by atoms with Gasteiger partial charge in [-0.25, -0.2) is 0 Å². The first-order valence-corrected chi connectivity index (χ1v) is 8.21. The molecule has 0 radical (unpaired) electrons. The van der Waals surface area contributed by atoms with E-state index in [-0.39, 0.29) is 11.9 Å². The first-order valence-electron chi connectivity index (χ1n) is 8.21. The van der Waals surface area contributed by atoms with Gasteiger partial charge in [0.2, 0.25) is 5.91 Å². The van der Waals surface area contributed by atoms with Gasteiger partial charge in [0.1, 0.15) is 5.75 Å². The molecule has 2 aromatic rings. The summed E-state index contributed by atoms with van der Waals surface area (Å²) < 4.78 is 7.01. The Kier molecular flexibility index (Phi) is 5.65. The fourth-order valence-corrected chi connectivity index (χ4v) is 2.83. The molecule has 24 heavy (non-hydrogen) atoms. The van der Waals surface area contributed by atoms with Crippen molar-refractivity contribution in [2.24, 2.45) is 7.05 Å². The largest absolute Gasteiger partial charge is 0.497 e. The molecule has 2 rings (SSSR count). The van der Waals surface area contributed by atoms with E-state index in [0.717, 1.165) is 29.1 Å². The van der Waals surface area contributed by atoms with Crippen LogP contribution in [-0.2, 0) is 24.7 Å². The first-order chi connectivity index (χ1) is 11.3. The fourth-order valence-electron chi connectivity index (χ4n) is 2.83. The molecule has 1 amide bonds. The number of methoxy groups -OCH3 is 1. The fraction of sp³-hybridized carbons (Fsp3) is 0.474. The molecule has 1 aromatic carbocycles. The standard InChI is InChI=1S/C19H27N3O2/c1-13(11-16-7-9-17(24-6)10-8-16)21(4)19(23)12-18-14(2)20-22(5)15(18)3/h7-10,13H,11-12H2,1-6H3. The molecule has 1 heterocycles. The van der Waals surface area contributed by atoms with Crippen molar-refractivity contribution in [2.75, 3.05) is 14.2 Å². The average Bonchev–Trinajstić information content (AvgIpc) is 2.81. The lowest BCUT2D eigenvalue weighted by Crippen LogP contribution is -2.37. The molecule has 0 aliphatic heterocycles. The quantitative estimate of drug-likeness (QED) is 0.818. The molecule has 5 nitrogen and oxygen atoms in total. The topological polar surface area (TPSA) is 47.4 Å². The van der Waals surface area contributed by atoms with E-state index in [2.05, 4.69) is 12.0 Å². The predicted octanol–water partition coefficient (Wildman–Crippen LogP) is 2.68. The molecule has 0 saturated carbocycles. The highest BCUT2D eigenvalue weighted by atomic mass is 16.5. The van der Waals surface area contributed by atoms with E-state index >= 15 is 0 Å². The van der Waals surface area contributed by atoms with Crippen molar-refractivity contribution in [3.8, 4) is 5.75 Å². The molecule has 1 atom stereocenters. The molecule has 0 bridgehead atoms. The molecule has 0 saturated heterocycles. The van der Waals surface area contributed by atoms with Crippen LogP contribution in [0.3, 0.4) is 0 Å². The van der Waals surface area contributed by atoms with Crippen LogP contribution in [0.15, 0.2) is 24.3 Å². The van der Waals surface area contributed by atoms with Gasteiger partial charge in [0.05, 0.1) is 19.2 Å². The highest BCUT2D eigenvalue weighted by Gasteiger charge is 2.20. The highest BCUT2D eigenvalue weighted by Crippen LogP contribution is 2.17. The Labute approximate surface area is 144 Å². The van der Waals surface area contributed by atoms with E-state index in [1.54, 1.807) is 7.11 Å². The average molecular weight is 329 g/mol. The molecular formula is C19H27N3O2. The van der Waals surface area contributed by atoms with Crippen molar-refractivity contribution in [3.05, 3.63) is 46.8 Å². The summed E-state index contributed by atoms with van der Waals surface area (Å²) in [5.41, 5.74) is 4.21. The van der Waals surface area contributed by atoms with Crippen LogP contribution < -0.4 is 4.74 Å². The number of nitrogens with zero attached hydrogens (tertiary/aromatic N) is 3. The Morgan fingerprint density at radius 1 is 1.29 bits per heavy atom. The maximum Gasteiger partial charge on any atom is 0.227 e. The van der Waals surface area contributed by atoms with Gasteiger partial charge in [0, 0.05) is 31.4 Å². The minimum atomic E-state index is 0.121. The van der Waals surface area contributed by atoms with Crippen LogP contribution >= 0.6 is 0 Å². The number of ether oxygens (including phenoxy) is 1. The third-order valence-electron chi connectivity index (χ3n) is 4.73. The Morgan fingerprint density at radius 2 is 1.92 bits per heavy atom. The van der Waals surface area contributed by atoms with E-state index in [1.807, 2.05) is 61.8 Å². The van der Waals surface area contributed by atoms with E-state index in [1.165, 1.54) is 5.56 Å². The Balaban J connectivity index is 2.01. The van der Waals surface area contributed by atoms with Gasteiger partial charge < -0.3 is 9.64 Å². The number of amides is 1. The van der Waals surface area contributed by atoms with Gasteiger partial charge in [0.25, 0.3) is 0 Å². The number of hydrogen-bond acceptors (Lipinski definition) is 3. The van der Waals surface area contributed by atoms with Crippen LogP contribution in [0.2, 0.25) is 0 Å². The summed E-state index contributed by atoms with van der Waals surface area (Å²) in [4.78, 5) is 14.5. The second-order valence-electron chi connectivity index (χ2n) is 6.36. The summed E-state index contributed by atoms with van der Waals surface area (Å²) in [5, 5.41) is 4.39. The van der Waals surface area contributed by atoms with Gasteiger partial charge in [-0.05, 0) is 44.9 Å². The number of benzene rings is 1. The minimum absolute atomic E-state index is 0.121. The number of carbonyl (C=O) groups excluding carboxylic acids is 1. The normalized spacial score (nSPS) is 12.1. The van der Waals surface area contributed by atoms with Crippen molar-refractivity contribution < 1.29 is 9.53 Å². The number of rotatable bonds is 6. The summed E-state index contributed by atoms with van der Waals surface area (Å²) in [5.74, 6) is 0.966. The predicted molar refractivity (Wildman–Crippen MR) is 95.3 cm³/mol. The van der Waals surface area contributed by atoms with E-state index < -0.39 is 0 Å². The van der Waals surface area contributed by atoms with Crippen LogP contribution in [0, 0.1) is 13.8 Å². The Bertz CT molecular complexity index is 704. The van der Waals surface area contributed by atoms with Gasteiger partial charge in [-0.1, -0.05) is 12.1 Å². The van der Waals surface area contributed by atoms with E-state index in [0.29, 0.717) is 6.42 Å². The molecule has 0 spiro atoms. The van der Waals surface area contributed by atoms with E-state index in [4.69, 9.17) is 4.74 Å². The van der Waals surface area contributed by atoms with Gasteiger partial charge in [-0.2, -0.15) is 5.10 Å². The maximum atomic E-state index is 12.6. The van der Waals surface area contributed by atoms with Gasteiger partial charge in [0.15, 0.2) is 0 Å². The van der Waals surface area contributed by atoms with Crippen LogP contribution in [0.5, 0.6) is 5.75 Å². The molecule has 1 unspecified atom stereocenters. The Hall–Kier alpha value is -2.30. The summed E-state index contributed by atoms with van der Waals surface area (Å²) in [7, 11) is 5.44. The van der Waals surface area contributed by atoms with Crippen LogP contribution in [0.4, 0.5) is 0 Å². The van der Waals surface area contributed by atoms with Gasteiger partial charge >= 0.3 is 0 Å². The smallest absolute Gasteiger partial charge is 0.227 e. The highest BCUT2D eigenvalue weighted by molar-refractivity contribution is 5.79. The second-order valence-corrected chi connectivity index (χ2v) is 6.36. The summed E-state index contributed by atoms with van der Waals surface area (Å²) in [6, 6.07) is 8.12. The second kappa shape index (κ2) is 7.51. The molecule has 0 N–H and O–H groups in total. The van der Waals surface area contributed by atoms with Crippen molar-refractivity contribution in [1.82, 2.24) is 14.7 Å². The zero-order valence-electron chi connectivity index (χ0n) is 15.5. The zero-order valence-corrected chi connectivity index (χ0v) is 15.5. The van der Waals surface area contributed by atoms with Gasteiger partial charge in [-0.15, -0.1) is 0 Å². The lowest BCUT2D eigenvalue weighted by Gasteiger charge is -2.25. The third-order valence-corrected chi connectivity index (χ3v) is 4.73. The molecule has 5 heteroatoms. The van der Waals surface area contributed by atoms with Crippen molar-refractivity contribution in [3.63, 3.8) is 0 Å². The summed E-state index contributed by atoms with van der Waals surface area (Å²) >= 11 is 0. The van der Waals surface area contributed by atoms with Crippen LogP contribution in [0.1, 0.15) is 29.4 Å². The molecular weight excluding hydrogens is 302 g/mol. The van der Waals surface area contributed by atoms with Crippen molar-refractivity contribution in [1.29, 1.82) is 0 Å². The molecule has 0 aliphatic carbocycles. The SMILES string of the molecule is COc1ccc(CC(C)N(C)C(=O)Cc2c(C)nn(C)c2C)cc1. The number of likely N-dealkylation sites (N-methyl/N-ethyl adjacent to an activating group) is 1. The number of aryl methyl sites for hydroxylation is 2. The molecule has 0 aliphatic rings. The minimum Gasteiger partial charge on any atom is -0.497 e. The van der Waals surface area contributed by atoms with Crippen molar-refractivity contribution >= 4 is 5.91 Å². The Morgan fingerprint density at radius 3 is 2.42 bits per heavy atom.